The van der Waals surface area contributed by atoms with Gasteiger partial charge in [-0.25, -0.2) is 0 Å². The van der Waals surface area contributed by atoms with Crippen LogP contribution in [0.4, 0.5) is 0 Å². The standard InChI is InChI=1S/C56H100O5/c1-3-5-7-9-11-13-15-17-18-19-20-21-22-23-24-25-26-27-28-29-30-31-32-33-34-35-36-37-38-39-41-43-45-47-49-51-56(59)61-54(52-57)53-60-55(58)50-48-46-44-42-40-16-14-12-10-8-6-4-2/h5,7,11,13,17-18,20-21,23-24,54,57H,3-4,6,8-10,12,14-16,19,22,25-53H2,1-2H3/b7-5-,13-11-,18-17-,21-20-,24-23-. The number of allylic oxidation sites excluding steroid dienone is 10. The molecule has 0 aromatic rings. The molecule has 0 spiro atoms. The largest absolute Gasteiger partial charge is 0.462 e. The van der Waals surface area contributed by atoms with E-state index >= 15 is 0 Å². The number of hydrogen-bond acceptors (Lipinski definition) is 5. The molecule has 354 valence electrons. The fraction of sp³-hybridized carbons (Fsp3) is 0.786. The van der Waals surface area contributed by atoms with Crippen molar-refractivity contribution in [2.24, 2.45) is 0 Å². The van der Waals surface area contributed by atoms with Gasteiger partial charge in [-0.2, -0.15) is 0 Å². The second-order valence-electron chi connectivity index (χ2n) is 17.6. The van der Waals surface area contributed by atoms with E-state index in [0.717, 1.165) is 70.6 Å². The molecule has 0 aliphatic heterocycles. The van der Waals surface area contributed by atoms with E-state index in [-0.39, 0.29) is 25.2 Å². The van der Waals surface area contributed by atoms with Crippen LogP contribution in [0.2, 0.25) is 0 Å². The Labute approximate surface area is 379 Å². The molecule has 5 heteroatoms. The minimum Gasteiger partial charge on any atom is -0.462 e. The van der Waals surface area contributed by atoms with Gasteiger partial charge >= 0.3 is 11.9 Å². The Morgan fingerprint density at radius 1 is 0.393 bits per heavy atom. The first kappa shape index (κ1) is 58.6. The fourth-order valence-corrected chi connectivity index (χ4v) is 7.64. The molecular weight excluding hydrogens is 753 g/mol. The van der Waals surface area contributed by atoms with E-state index < -0.39 is 6.10 Å². The first-order chi connectivity index (χ1) is 30.1. The smallest absolute Gasteiger partial charge is 0.306 e. The van der Waals surface area contributed by atoms with E-state index in [0.29, 0.717) is 12.8 Å². The minimum absolute atomic E-state index is 0.0615. The highest BCUT2D eigenvalue weighted by Gasteiger charge is 2.16. The Kier molecular flexibility index (Phi) is 49.9. The topological polar surface area (TPSA) is 72.8 Å². The Hall–Kier alpha value is -2.40. The molecule has 1 unspecified atom stereocenters. The molecule has 0 heterocycles. The maximum Gasteiger partial charge on any atom is 0.306 e. The first-order valence-electron chi connectivity index (χ1n) is 26.3. The quantitative estimate of drug-likeness (QED) is 0.0375. The first-order valence-corrected chi connectivity index (χ1v) is 26.3. The lowest BCUT2D eigenvalue weighted by Gasteiger charge is -2.15. The maximum atomic E-state index is 12.3. The predicted octanol–water partition coefficient (Wildman–Crippen LogP) is 17.5. The number of carbonyl (C=O) groups excluding carboxylic acids is 2. The van der Waals surface area contributed by atoms with Crippen molar-refractivity contribution in [1.82, 2.24) is 0 Å². The second-order valence-corrected chi connectivity index (χ2v) is 17.6. The zero-order valence-electron chi connectivity index (χ0n) is 40.4. The van der Waals surface area contributed by atoms with Crippen LogP contribution in [0, 0.1) is 0 Å². The molecule has 0 saturated carbocycles. The summed E-state index contributed by atoms with van der Waals surface area (Å²) in [4.78, 5) is 24.4. The van der Waals surface area contributed by atoms with E-state index in [2.05, 4.69) is 74.6 Å². The van der Waals surface area contributed by atoms with Gasteiger partial charge in [0.05, 0.1) is 6.61 Å². The lowest BCUT2D eigenvalue weighted by atomic mass is 10.0. The molecule has 0 aromatic heterocycles. The number of carbonyl (C=O) groups is 2. The lowest BCUT2D eigenvalue weighted by Crippen LogP contribution is -2.28. The Balaban J connectivity index is 3.42. The predicted molar refractivity (Wildman–Crippen MR) is 265 cm³/mol. The number of esters is 2. The Morgan fingerprint density at radius 3 is 1.07 bits per heavy atom. The number of rotatable bonds is 48. The number of aliphatic hydroxyl groups is 1. The molecule has 1 N–H and O–H groups in total. The van der Waals surface area contributed by atoms with Crippen LogP contribution in [-0.2, 0) is 19.1 Å². The van der Waals surface area contributed by atoms with E-state index in [4.69, 9.17) is 9.47 Å². The van der Waals surface area contributed by atoms with E-state index in [1.54, 1.807) is 0 Å². The van der Waals surface area contributed by atoms with Gasteiger partial charge < -0.3 is 14.6 Å². The highest BCUT2D eigenvalue weighted by molar-refractivity contribution is 5.70. The monoisotopic (exact) mass is 853 g/mol. The van der Waals surface area contributed by atoms with Crippen molar-refractivity contribution < 1.29 is 24.2 Å². The van der Waals surface area contributed by atoms with E-state index in [1.807, 2.05) is 0 Å². The lowest BCUT2D eigenvalue weighted by molar-refractivity contribution is -0.161. The molecule has 61 heavy (non-hydrogen) atoms. The van der Waals surface area contributed by atoms with Crippen molar-refractivity contribution in [3.8, 4) is 0 Å². The number of unbranched alkanes of at least 4 members (excludes halogenated alkanes) is 30. The van der Waals surface area contributed by atoms with Gasteiger partial charge in [0.25, 0.3) is 0 Å². The zero-order chi connectivity index (χ0) is 44.2. The summed E-state index contributed by atoms with van der Waals surface area (Å²) in [7, 11) is 0. The minimum atomic E-state index is -0.768. The average molecular weight is 853 g/mol. The van der Waals surface area contributed by atoms with Gasteiger partial charge in [-0.15, -0.1) is 0 Å². The van der Waals surface area contributed by atoms with Gasteiger partial charge in [-0.3, -0.25) is 9.59 Å². The highest BCUT2D eigenvalue weighted by atomic mass is 16.6. The van der Waals surface area contributed by atoms with Crippen LogP contribution in [0.3, 0.4) is 0 Å². The molecule has 0 aromatic carbocycles. The molecule has 0 rings (SSSR count). The molecule has 0 fully saturated rings. The van der Waals surface area contributed by atoms with Gasteiger partial charge in [-0.05, 0) is 57.8 Å². The number of aliphatic hydroxyl groups excluding tert-OH is 1. The third kappa shape index (κ3) is 50.1. The van der Waals surface area contributed by atoms with Crippen molar-refractivity contribution in [2.75, 3.05) is 13.2 Å². The summed E-state index contributed by atoms with van der Waals surface area (Å²) < 4.78 is 10.7. The van der Waals surface area contributed by atoms with Crippen LogP contribution in [0.5, 0.6) is 0 Å². The molecule has 0 radical (unpaired) electrons. The highest BCUT2D eigenvalue weighted by Crippen LogP contribution is 2.16. The van der Waals surface area contributed by atoms with Crippen molar-refractivity contribution >= 4 is 11.9 Å². The normalized spacial score (nSPS) is 12.6. The average Bonchev–Trinajstić information content (AvgIpc) is 3.26. The van der Waals surface area contributed by atoms with Crippen LogP contribution in [-0.4, -0.2) is 36.4 Å². The molecular formula is C56H100O5. The molecule has 5 nitrogen and oxygen atoms in total. The maximum absolute atomic E-state index is 12.3. The SMILES string of the molecule is CC/C=C\C/C=C\C/C=C\C/C=C\C/C=C\CCCCCCCCCCCCCCCCCCCCCC(=O)OC(CO)COC(=O)CCCCCCCCCCCCCC. The summed E-state index contributed by atoms with van der Waals surface area (Å²) in [6.07, 6.45) is 69.1. The summed E-state index contributed by atoms with van der Waals surface area (Å²) in [5.74, 6) is -0.580. The van der Waals surface area contributed by atoms with E-state index in [9.17, 15) is 14.7 Å². The van der Waals surface area contributed by atoms with Crippen LogP contribution in [0.1, 0.15) is 264 Å². The molecule has 1 atom stereocenters. The summed E-state index contributed by atoms with van der Waals surface area (Å²) in [6.45, 7) is 4.04. The summed E-state index contributed by atoms with van der Waals surface area (Å²) in [5.41, 5.74) is 0. The third-order valence-corrected chi connectivity index (χ3v) is 11.6. The fourth-order valence-electron chi connectivity index (χ4n) is 7.64. The van der Waals surface area contributed by atoms with Gasteiger partial charge in [0.1, 0.15) is 6.61 Å². The molecule has 0 aliphatic carbocycles. The van der Waals surface area contributed by atoms with Crippen molar-refractivity contribution in [3.05, 3.63) is 60.8 Å². The van der Waals surface area contributed by atoms with E-state index in [1.165, 1.54) is 167 Å². The third-order valence-electron chi connectivity index (χ3n) is 11.6. The zero-order valence-corrected chi connectivity index (χ0v) is 40.4. The van der Waals surface area contributed by atoms with Gasteiger partial charge in [-0.1, -0.05) is 254 Å². The van der Waals surface area contributed by atoms with Crippen molar-refractivity contribution in [2.45, 2.75) is 270 Å². The van der Waals surface area contributed by atoms with Crippen molar-refractivity contribution in [3.63, 3.8) is 0 Å². The molecule has 0 amide bonds. The number of ether oxygens (including phenoxy) is 2. The molecule has 0 bridgehead atoms. The summed E-state index contributed by atoms with van der Waals surface area (Å²) >= 11 is 0. The van der Waals surface area contributed by atoms with Crippen LogP contribution < -0.4 is 0 Å². The van der Waals surface area contributed by atoms with Gasteiger partial charge in [0.2, 0.25) is 0 Å². The number of hydrogen-bond donors (Lipinski definition) is 1. The Bertz CT molecular complexity index is 1060. The van der Waals surface area contributed by atoms with Crippen molar-refractivity contribution in [1.29, 1.82) is 0 Å². The summed E-state index contributed by atoms with van der Waals surface area (Å²) in [5, 5.41) is 9.60. The van der Waals surface area contributed by atoms with Gasteiger partial charge in [0, 0.05) is 12.8 Å². The van der Waals surface area contributed by atoms with Crippen LogP contribution in [0.25, 0.3) is 0 Å². The second kappa shape index (κ2) is 51.9. The summed E-state index contributed by atoms with van der Waals surface area (Å²) in [6, 6.07) is 0. The van der Waals surface area contributed by atoms with Crippen LogP contribution >= 0.6 is 0 Å². The molecule has 0 saturated heterocycles. The van der Waals surface area contributed by atoms with Crippen LogP contribution in [0.15, 0.2) is 60.8 Å². The van der Waals surface area contributed by atoms with Gasteiger partial charge in [0.15, 0.2) is 6.10 Å². The Morgan fingerprint density at radius 2 is 0.705 bits per heavy atom. The molecule has 0 aliphatic rings.